The predicted molar refractivity (Wildman–Crippen MR) is 149 cm³/mol. The van der Waals surface area contributed by atoms with Crippen molar-refractivity contribution in [2.45, 2.75) is 64.7 Å². The molecule has 182 valence electrons. The maximum atomic E-state index is 14.8. The van der Waals surface area contributed by atoms with Crippen LogP contribution in [0.1, 0.15) is 74.1 Å². The first-order valence-electron chi connectivity index (χ1n) is 12.8. The summed E-state index contributed by atoms with van der Waals surface area (Å²) in [5.41, 5.74) is 5.79. The van der Waals surface area contributed by atoms with Gasteiger partial charge in [-0.3, -0.25) is 0 Å². The summed E-state index contributed by atoms with van der Waals surface area (Å²) >= 11 is 0. The number of allylic oxidation sites excluding steroid dienone is 1. The highest BCUT2D eigenvalue weighted by Gasteiger charge is 2.06. The third kappa shape index (κ3) is 9.09. The summed E-state index contributed by atoms with van der Waals surface area (Å²) in [6.07, 6.45) is 15.9. The fourth-order valence-electron chi connectivity index (χ4n) is 4.05. The van der Waals surface area contributed by atoms with E-state index in [9.17, 15) is 4.39 Å². The van der Waals surface area contributed by atoms with Gasteiger partial charge in [0.1, 0.15) is 5.82 Å². The van der Waals surface area contributed by atoms with Crippen molar-refractivity contribution in [2.24, 2.45) is 10.2 Å². The molecule has 0 heterocycles. The molecule has 0 spiro atoms. The number of unbranched alkanes of at least 4 members (excludes halogenated alkanes) is 5. The average molecular weight is 469 g/mol. The van der Waals surface area contributed by atoms with Crippen molar-refractivity contribution >= 4 is 12.4 Å². The molecule has 3 aromatic rings. The molecule has 0 aliphatic carbocycles. The van der Waals surface area contributed by atoms with E-state index in [1.54, 1.807) is 12.4 Å². The highest BCUT2D eigenvalue weighted by Crippen LogP contribution is 2.24. The molecule has 0 aliphatic rings. The van der Waals surface area contributed by atoms with Gasteiger partial charge in [-0.05, 0) is 66.0 Å². The zero-order chi connectivity index (χ0) is 24.7. The van der Waals surface area contributed by atoms with Crippen LogP contribution >= 0.6 is 0 Å². The molecule has 0 saturated carbocycles. The van der Waals surface area contributed by atoms with Crippen molar-refractivity contribution in [1.82, 2.24) is 0 Å². The van der Waals surface area contributed by atoms with E-state index in [0.717, 1.165) is 36.8 Å². The smallest absolute Gasteiger partial charge is 0.131 e. The number of aryl methyl sites for hydroxylation is 2. The molecule has 0 saturated heterocycles. The third-order valence-electron chi connectivity index (χ3n) is 6.16. The van der Waals surface area contributed by atoms with Gasteiger partial charge in [0.2, 0.25) is 0 Å². The van der Waals surface area contributed by atoms with Crippen LogP contribution in [0.25, 0.3) is 11.1 Å². The Labute approximate surface area is 210 Å². The zero-order valence-electron chi connectivity index (χ0n) is 20.9. The van der Waals surface area contributed by atoms with Crippen LogP contribution in [-0.2, 0) is 12.8 Å². The maximum Gasteiger partial charge on any atom is 0.131 e. The van der Waals surface area contributed by atoms with E-state index >= 15 is 0 Å². The summed E-state index contributed by atoms with van der Waals surface area (Å²) in [5.74, 6) is -0.253. The van der Waals surface area contributed by atoms with Crippen LogP contribution in [0.3, 0.4) is 0 Å². The number of halogens is 1. The Kier molecular flexibility index (Phi) is 11.1. The first-order chi connectivity index (χ1) is 17.2. The van der Waals surface area contributed by atoms with Crippen molar-refractivity contribution in [3.05, 3.63) is 107 Å². The maximum absolute atomic E-state index is 14.8. The molecular weight excluding hydrogens is 431 g/mol. The number of benzene rings is 3. The molecule has 0 aromatic heterocycles. The van der Waals surface area contributed by atoms with E-state index in [0.29, 0.717) is 11.1 Å². The molecule has 0 amide bonds. The molecule has 0 radical (unpaired) electrons. The summed E-state index contributed by atoms with van der Waals surface area (Å²) < 4.78 is 14.8. The van der Waals surface area contributed by atoms with Gasteiger partial charge in [-0.15, -0.1) is 6.58 Å². The van der Waals surface area contributed by atoms with Gasteiger partial charge in [-0.1, -0.05) is 99.3 Å². The quantitative estimate of drug-likeness (QED) is 0.0976. The molecular formula is C32H37FN2. The molecule has 35 heavy (non-hydrogen) atoms. The van der Waals surface area contributed by atoms with Crippen molar-refractivity contribution in [1.29, 1.82) is 0 Å². The number of nitrogens with zero attached hydrogens (tertiary/aromatic N) is 2. The van der Waals surface area contributed by atoms with Crippen LogP contribution < -0.4 is 0 Å². The molecule has 0 bridgehead atoms. The lowest BCUT2D eigenvalue weighted by molar-refractivity contribution is 0.630. The van der Waals surface area contributed by atoms with E-state index < -0.39 is 0 Å². The monoisotopic (exact) mass is 468 g/mol. The minimum atomic E-state index is -0.253. The molecule has 0 unspecified atom stereocenters. The van der Waals surface area contributed by atoms with E-state index in [4.69, 9.17) is 0 Å². The van der Waals surface area contributed by atoms with Crippen LogP contribution in [0.2, 0.25) is 0 Å². The Balaban J connectivity index is 1.52. The minimum absolute atomic E-state index is 0.253. The zero-order valence-corrected chi connectivity index (χ0v) is 20.9. The average Bonchev–Trinajstić information content (AvgIpc) is 2.88. The molecule has 0 N–H and O–H groups in total. The molecule has 3 aromatic carbocycles. The topological polar surface area (TPSA) is 24.7 Å². The summed E-state index contributed by atoms with van der Waals surface area (Å²) in [5, 5.41) is 8.20. The summed E-state index contributed by atoms with van der Waals surface area (Å²) in [7, 11) is 0. The minimum Gasteiger partial charge on any atom is -0.206 e. The van der Waals surface area contributed by atoms with Crippen LogP contribution in [0.5, 0.6) is 0 Å². The van der Waals surface area contributed by atoms with Crippen LogP contribution in [-0.4, -0.2) is 12.4 Å². The van der Waals surface area contributed by atoms with Gasteiger partial charge in [0.05, 0.1) is 12.4 Å². The van der Waals surface area contributed by atoms with E-state index in [-0.39, 0.29) is 5.82 Å². The van der Waals surface area contributed by atoms with Crippen LogP contribution in [0.4, 0.5) is 4.39 Å². The lowest BCUT2D eigenvalue weighted by atomic mass is 10.00. The number of hydrogen-bond acceptors (Lipinski definition) is 2. The Morgan fingerprint density at radius 1 is 0.714 bits per heavy atom. The number of rotatable bonds is 14. The van der Waals surface area contributed by atoms with E-state index in [1.807, 2.05) is 42.5 Å². The number of hydrogen-bond donors (Lipinski definition) is 0. The van der Waals surface area contributed by atoms with Crippen molar-refractivity contribution < 1.29 is 4.39 Å². The van der Waals surface area contributed by atoms with Gasteiger partial charge in [0.25, 0.3) is 0 Å². The highest BCUT2D eigenvalue weighted by atomic mass is 19.1. The Morgan fingerprint density at radius 2 is 1.31 bits per heavy atom. The van der Waals surface area contributed by atoms with Gasteiger partial charge < -0.3 is 0 Å². The van der Waals surface area contributed by atoms with Gasteiger partial charge in [-0.2, -0.15) is 10.2 Å². The van der Waals surface area contributed by atoms with E-state index in [2.05, 4.69) is 48.0 Å². The predicted octanol–water partition coefficient (Wildman–Crippen LogP) is 8.97. The molecule has 0 atom stereocenters. The van der Waals surface area contributed by atoms with Crippen molar-refractivity contribution in [3.63, 3.8) is 0 Å². The molecule has 3 heteroatoms. The Morgan fingerprint density at radius 3 is 1.97 bits per heavy atom. The van der Waals surface area contributed by atoms with Gasteiger partial charge in [0.15, 0.2) is 0 Å². The van der Waals surface area contributed by atoms with Crippen LogP contribution in [0.15, 0.2) is 89.6 Å². The second-order valence-corrected chi connectivity index (χ2v) is 9.01. The fraction of sp³-hybridized carbons (Fsp3) is 0.312. The van der Waals surface area contributed by atoms with Crippen molar-refractivity contribution in [2.75, 3.05) is 0 Å². The largest absolute Gasteiger partial charge is 0.206 e. The van der Waals surface area contributed by atoms with E-state index in [1.165, 1.54) is 49.3 Å². The first-order valence-corrected chi connectivity index (χ1v) is 12.8. The third-order valence-corrected chi connectivity index (χ3v) is 6.16. The highest BCUT2D eigenvalue weighted by molar-refractivity contribution is 5.83. The van der Waals surface area contributed by atoms with Gasteiger partial charge >= 0.3 is 0 Å². The molecule has 0 fully saturated rings. The fourth-order valence-corrected chi connectivity index (χ4v) is 4.05. The van der Waals surface area contributed by atoms with Gasteiger partial charge in [0, 0.05) is 5.56 Å². The van der Waals surface area contributed by atoms with Crippen molar-refractivity contribution in [3.8, 4) is 11.1 Å². The molecule has 3 rings (SSSR count). The SMILES string of the molecule is C=CCCCc1ccc(C=NN=Cc2ccc(-c3ccc(CCCCCCC)cc3)c(F)c2)cc1. The summed E-state index contributed by atoms with van der Waals surface area (Å²) in [4.78, 5) is 0. The molecule has 2 nitrogen and oxygen atoms in total. The molecule has 0 aliphatic heterocycles. The lowest BCUT2D eigenvalue weighted by Gasteiger charge is -2.07. The normalized spacial score (nSPS) is 11.5. The summed E-state index contributed by atoms with van der Waals surface area (Å²) in [6, 6.07) is 21.8. The second-order valence-electron chi connectivity index (χ2n) is 9.01. The second kappa shape index (κ2) is 14.8. The lowest BCUT2D eigenvalue weighted by Crippen LogP contribution is -1.90. The standard InChI is InChI=1S/C32H37FN2/c1-3-5-7-8-10-12-27-17-20-30(21-18-27)31-22-19-29(23-32(31)33)25-35-34-24-28-15-13-26(14-16-28)11-9-6-4-2/h4,13-25H,2-3,5-12H2,1H3. The first kappa shape index (κ1) is 26.3. The Bertz CT molecular complexity index is 1100. The van der Waals surface area contributed by atoms with Crippen LogP contribution in [0, 0.1) is 5.82 Å². The Hall–Kier alpha value is -3.33. The summed E-state index contributed by atoms with van der Waals surface area (Å²) in [6.45, 7) is 5.99. The van der Waals surface area contributed by atoms with Gasteiger partial charge in [-0.25, -0.2) is 4.39 Å².